The molecule has 156 valence electrons. The van der Waals surface area contributed by atoms with Gasteiger partial charge in [-0.1, -0.05) is 12.1 Å². The molecule has 4 rings (SSSR count). The maximum atomic E-state index is 12.9. The molecule has 0 aliphatic carbocycles. The van der Waals surface area contributed by atoms with Crippen LogP contribution in [0.5, 0.6) is 0 Å². The lowest BCUT2D eigenvalue weighted by Gasteiger charge is -2.23. The number of nitrogens with zero attached hydrogens (tertiary/aromatic N) is 2. The normalized spacial score (nSPS) is 15.8. The summed E-state index contributed by atoms with van der Waals surface area (Å²) in [5.74, 6) is -0.780. The minimum atomic E-state index is -0.990. The third-order valence-electron chi connectivity index (χ3n) is 5.58. The van der Waals surface area contributed by atoms with Crippen molar-refractivity contribution in [1.29, 1.82) is 0 Å². The first-order valence-corrected chi connectivity index (χ1v) is 10.1. The summed E-state index contributed by atoms with van der Waals surface area (Å²) in [5, 5.41) is 12.8. The molecule has 1 atom stereocenters. The molecular weight excluding hydrogens is 382 g/mol. The van der Waals surface area contributed by atoms with Gasteiger partial charge in [0.25, 0.3) is 5.56 Å². The van der Waals surface area contributed by atoms with Crippen LogP contribution >= 0.6 is 0 Å². The van der Waals surface area contributed by atoms with Crippen LogP contribution in [0.1, 0.15) is 58.9 Å². The van der Waals surface area contributed by atoms with Gasteiger partial charge >= 0.3 is 5.97 Å². The third kappa shape index (κ3) is 3.93. The van der Waals surface area contributed by atoms with Crippen molar-refractivity contribution in [3.05, 3.63) is 75.3 Å². The van der Waals surface area contributed by atoms with E-state index in [0.717, 1.165) is 29.7 Å². The van der Waals surface area contributed by atoms with Crippen molar-refractivity contribution in [3.63, 3.8) is 0 Å². The summed E-state index contributed by atoms with van der Waals surface area (Å²) in [5.41, 5.74) is 3.80. The van der Waals surface area contributed by atoms with E-state index in [0.29, 0.717) is 24.5 Å². The van der Waals surface area contributed by atoms with Crippen molar-refractivity contribution in [3.8, 4) is 0 Å². The van der Waals surface area contributed by atoms with Crippen molar-refractivity contribution in [2.75, 3.05) is 18.5 Å². The van der Waals surface area contributed by atoms with Crippen LogP contribution in [-0.2, 0) is 4.74 Å². The first-order valence-electron chi connectivity index (χ1n) is 10.1. The number of hydrogen-bond acceptors (Lipinski definition) is 5. The zero-order valence-electron chi connectivity index (χ0n) is 17.1. The van der Waals surface area contributed by atoms with E-state index in [2.05, 4.69) is 5.32 Å². The second-order valence-electron chi connectivity index (χ2n) is 7.79. The lowest BCUT2D eigenvalue weighted by molar-refractivity contribution is 0.0698. The van der Waals surface area contributed by atoms with Gasteiger partial charge in [0.05, 0.1) is 17.3 Å². The SMILES string of the molecule is Cc1cc(C(C)Nc2ccccc2C(=O)O)c2nc(C3CCOCC3)cc(=O)n2c1. The Balaban J connectivity index is 1.78. The molecule has 0 bridgehead atoms. The zero-order valence-corrected chi connectivity index (χ0v) is 17.1. The Morgan fingerprint density at radius 2 is 2.00 bits per heavy atom. The fraction of sp³-hybridized carbons (Fsp3) is 0.348. The summed E-state index contributed by atoms with van der Waals surface area (Å²) >= 11 is 0. The summed E-state index contributed by atoms with van der Waals surface area (Å²) in [6.07, 6.45) is 3.49. The van der Waals surface area contributed by atoms with Gasteiger partial charge < -0.3 is 15.2 Å². The van der Waals surface area contributed by atoms with Crippen LogP contribution in [-0.4, -0.2) is 33.7 Å². The maximum absolute atomic E-state index is 12.9. The number of rotatable bonds is 5. The van der Waals surface area contributed by atoms with Gasteiger partial charge in [0.15, 0.2) is 0 Å². The number of hydrogen-bond donors (Lipinski definition) is 2. The van der Waals surface area contributed by atoms with Crippen LogP contribution in [0, 0.1) is 6.92 Å². The molecule has 30 heavy (non-hydrogen) atoms. The molecule has 0 radical (unpaired) electrons. The quantitative estimate of drug-likeness (QED) is 0.669. The summed E-state index contributed by atoms with van der Waals surface area (Å²) in [6, 6.07) is 10.2. The van der Waals surface area contributed by atoms with Crippen LogP contribution in [0.3, 0.4) is 0 Å². The number of benzene rings is 1. The van der Waals surface area contributed by atoms with E-state index in [4.69, 9.17) is 9.72 Å². The molecular formula is C23H25N3O4. The van der Waals surface area contributed by atoms with Crippen LogP contribution in [0.25, 0.3) is 5.65 Å². The largest absolute Gasteiger partial charge is 0.478 e. The number of pyridine rings is 1. The molecule has 1 aliphatic rings. The average molecular weight is 407 g/mol. The first kappa shape index (κ1) is 20.1. The molecule has 3 aromatic rings. The molecule has 1 fully saturated rings. The molecule has 3 heterocycles. The number of carboxylic acid groups (broad SMARTS) is 1. The fourth-order valence-corrected chi connectivity index (χ4v) is 4.02. The molecule has 7 heteroatoms. The predicted octanol–water partition coefficient (Wildman–Crippen LogP) is 3.77. The van der Waals surface area contributed by atoms with Crippen molar-refractivity contribution < 1.29 is 14.6 Å². The van der Waals surface area contributed by atoms with E-state index in [1.165, 1.54) is 0 Å². The molecule has 7 nitrogen and oxygen atoms in total. The molecule has 1 aliphatic heterocycles. The number of fused-ring (bicyclic) bond motifs is 1. The highest BCUT2D eigenvalue weighted by molar-refractivity contribution is 5.94. The van der Waals surface area contributed by atoms with Gasteiger partial charge in [-0.25, -0.2) is 9.78 Å². The van der Waals surface area contributed by atoms with Gasteiger partial charge in [0.2, 0.25) is 0 Å². The summed E-state index contributed by atoms with van der Waals surface area (Å²) in [6.45, 7) is 5.23. The monoisotopic (exact) mass is 407 g/mol. The molecule has 1 saturated heterocycles. The van der Waals surface area contributed by atoms with Gasteiger partial charge in [0.1, 0.15) is 5.65 Å². The van der Waals surface area contributed by atoms with Crippen molar-refractivity contribution in [1.82, 2.24) is 9.38 Å². The van der Waals surface area contributed by atoms with E-state index >= 15 is 0 Å². The molecule has 1 aromatic carbocycles. The van der Waals surface area contributed by atoms with Gasteiger partial charge in [-0.15, -0.1) is 0 Å². The van der Waals surface area contributed by atoms with Gasteiger partial charge in [-0.05, 0) is 50.5 Å². The maximum Gasteiger partial charge on any atom is 0.337 e. The first-order chi connectivity index (χ1) is 14.4. The zero-order chi connectivity index (χ0) is 21.3. The Bertz CT molecular complexity index is 1150. The number of aryl methyl sites for hydroxylation is 1. The summed E-state index contributed by atoms with van der Waals surface area (Å²) in [7, 11) is 0. The van der Waals surface area contributed by atoms with E-state index < -0.39 is 5.97 Å². The van der Waals surface area contributed by atoms with Crippen molar-refractivity contribution >= 4 is 17.3 Å². The molecule has 0 spiro atoms. The van der Waals surface area contributed by atoms with E-state index in [1.807, 2.05) is 19.9 Å². The van der Waals surface area contributed by atoms with Crippen molar-refractivity contribution in [2.45, 2.75) is 38.6 Å². The number of ether oxygens (including phenoxy) is 1. The Kier molecular flexibility index (Phi) is 5.55. The topological polar surface area (TPSA) is 92.9 Å². The number of nitrogens with one attached hydrogen (secondary N) is 1. The highest BCUT2D eigenvalue weighted by Crippen LogP contribution is 2.28. The minimum Gasteiger partial charge on any atom is -0.478 e. The minimum absolute atomic E-state index is 0.107. The van der Waals surface area contributed by atoms with Crippen LogP contribution in [0.4, 0.5) is 5.69 Å². The lowest BCUT2D eigenvalue weighted by Crippen LogP contribution is -2.22. The van der Waals surface area contributed by atoms with Crippen LogP contribution < -0.4 is 10.9 Å². The Labute approximate surface area is 174 Å². The third-order valence-corrected chi connectivity index (χ3v) is 5.58. The van der Waals surface area contributed by atoms with Crippen LogP contribution in [0.2, 0.25) is 0 Å². The number of carbonyl (C=O) groups is 1. The molecule has 2 N–H and O–H groups in total. The van der Waals surface area contributed by atoms with Gasteiger partial charge in [-0.3, -0.25) is 9.20 Å². The molecule has 0 amide bonds. The number of aromatic nitrogens is 2. The summed E-state index contributed by atoms with van der Waals surface area (Å²) < 4.78 is 7.02. The number of carboxylic acids is 1. The molecule has 2 aromatic heterocycles. The molecule has 1 unspecified atom stereocenters. The van der Waals surface area contributed by atoms with Gasteiger partial charge in [-0.2, -0.15) is 0 Å². The second kappa shape index (κ2) is 8.28. The van der Waals surface area contributed by atoms with E-state index in [9.17, 15) is 14.7 Å². The standard InChI is InChI=1S/C23H25N3O4/c1-14-11-18(15(2)24-19-6-4-3-5-17(19)23(28)29)22-25-20(12-21(27)26(22)13-14)16-7-9-30-10-8-16/h3-6,11-13,15-16,24H,7-10H2,1-2H3,(H,28,29). The van der Waals surface area contributed by atoms with Gasteiger partial charge in [0, 0.05) is 42.6 Å². The Morgan fingerprint density at radius 3 is 2.73 bits per heavy atom. The Hall–Kier alpha value is -3.19. The average Bonchev–Trinajstić information content (AvgIpc) is 2.74. The number of para-hydroxylation sites is 1. The number of aromatic carboxylic acids is 1. The highest BCUT2D eigenvalue weighted by atomic mass is 16.5. The van der Waals surface area contributed by atoms with Crippen LogP contribution in [0.15, 0.2) is 47.4 Å². The highest BCUT2D eigenvalue weighted by Gasteiger charge is 2.21. The summed E-state index contributed by atoms with van der Waals surface area (Å²) in [4.78, 5) is 29.3. The second-order valence-corrected chi connectivity index (χ2v) is 7.79. The smallest absolute Gasteiger partial charge is 0.337 e. The lowest BCUT2D eigenvalue weighted by atomic mass is 9.96. The van der Waals surface area contributed by atoms with E-state index in [-0.39, 0.29) is 23.1 Å². The fourth-order valence-electron chi connectivity index (χ4n) is 4.02. The number of anilines is 1. The Morgan fingerprint density at radius 1 is 1.27 bits per heavy atom. The molecule has 0 saturated carbocycles. The van der Waals surface area contributed by atoms with E-state index in [1.54, 1.807) is 40.9 Å². The predicted molar refractivity (Wildman–Crippen MR) is 114 cm³/mol. The van der Waals surface area contributed by atoms with Crippen molar-refractivity contribution in [2.24, 2.45) is 0 Å².